The van der Waals surface area contributed by atoms with E-state index in [-0.39, 0.29) is 23.8 Å². The third kappa shape index (κ3) is 3.78. The number of rotatable bonds is 5. The Morgan fingerprint density at radius 1 is 1.16 bits per heavy atom. The fourth-order valence-corrected chi connectivity index (χ4v) is 2.06. The van der Waals surface area contributed by atoms with E-state index in [4.69, 9.17) is 4.74 Å². The second-order valence-electron chi connectivity index (χ2n) is 4.89. The first-order chi connectivity index (χ1) is 12.1. The van der Waals surface area contributed by atoms with Crippen molar-refractivity contribution in [3.8, 4) is 5.82 Å². The van der Waals surface area contributed by atoms with Crippen molar-refractivity contribution in [2.75, 3.05) is 5.32 Å². The van der Waals surface area contributed by atoms with Crippen molar-refractivity contribution >= 4 is 17.9 Å². The number of carbonyl (C=O) groups excluding carboxylic acids is 1. The number of nitrogens with zero attached hydrogens (tertiary/aromatic N) is 4. The molecule has 0 aliphatic heterocycles. The van der Waals surface area contributed by atoms with Crippen LogP contribution in [0.1, 0.15) is 15.9 Å². The molecule has 0 aliphatic carbocycles. The Labute approximate surface area is 141 Å². The van der Waals surface area contributed by atoms with Crippen LogP contribution >= 0.6 is 0 Å². The van der Waals surface area contributed by atoms with E-state index in [1.54, 1.807) is 24.3 Å². The van der Waals surface area contributed by atoms with Gasteiger partial charge in [0.2, 0.25) is 0 Å². The van der Waals surface area contributed by atoms with Gasteiger partial charge in [-0.1, -0.05) is 30.3 Å². The third-order valence-corrected chi connectivity index (χ3v) is 3.21. The van der Waals surface area contributed by atoms with Gasteiger partial charge < -0.3 is 9.84 Å². The van der Waals surface area contributed by atoms with Crippen LogP contribution in [0.25, 0.3) is 5.82 Å². The van der Waals surface area contributed by atoms with Crippen LogP contribution in [0.2, 0.25) is 0 Å². The van der Waals surface area contributed by atoms with Gasteiger partial charge in [0.1, 0.15) is 12.2 Å². The minimum absolute atomic E-state index is 0.0500. The van der Waals surface area contributed by atoms with Gasteiger partial charge in [0.15, 0.2) is 11.6 Å². The molecule has 0 aliphatic rings. The molecule has 1 amide bonds. The number of aromatic carboxylic acids is 1. The number of aromatic nitrogens is 4. The summed E-state index contributed by atoms with van der Waals surface area (Å²) in [6, 6.07) is 12.3. The predicted octanol–water partition coefficient (Wildman–Crippen LogP) is 2.11. The number of hydrogen-bond donors (Lipinski definition) is 2. The fourth-order valence-electron chi connectivity index (χ4n) is 2.06. The molecular formula is C16H13N5O4. The predicted molar refractivity (Wildman–Crippen MR) is 86.4 cm³/mol. The van der Waals surface area contributed by atoms with Gasteiger partial charge in [-0.25, -0.2) is 9.59 Å². The lowest BCUT2D eigenvalue weighted by atomic mass is 10.2. The molecule has 0 bridgehead atoms. The van der Waals surface area contributed by atoms with E-state index in [0.717, 1.165) is 11.8 Å². The Bertz CT molecular complexity index is 880. The molecule has 3 rings (SSSR count). The summed E-state index contributed by atoms with van der Waals surface area (Å²) in [5.41, 5.74) is 0.612. The van der Waals surface area contributed by atoms with Gasteiger partial charge in [-0.2, -0.15) is 14.9 Å². The smallest absolute Gasteiger partial charge is 0.413 e. The van der Waals surface area contributed by atoms with E-state index in [1.165, 1.54) is 10.9 Å². The van der Waals surface area contributed by atoms with Crippen molar-refractivity contribution in [3.63, 3.8) is 0 Å². The first-order valence-electron chi connectivity index (χ1n) is 7.22. The molecule has 126 valence electrons. The molecule has 1 aromatic carbocycles. The van der Waals surface area contributed by atoms with Crippen molar-refractivity contribution in [1.82, 2.24) is 20.0 Å². The quantitative estimate of drug-likeness (QED) is 0.730. The molecule has 3 aromatic rings. The zero-order chi connectivity index (χ0) is 17.6. The summed E-state index contributed by atoms with van der Waals surface area (Å²) in [5.74, 6) is -1.05. The Hall–Kier alpha value is -3.75. The molecule has 9 heteroatoms. The zero-order valence-corrected chi connectivity index (χ0v) is 12.9. The molecule has 2 heterocycles. The van der Waals surface area contributed by atoms with Gasteiger partial charge in [0.05, 0.1) is 6.20 Å². The van der Waals surface area contributed by atoms with E-state index in [0.29, 0.717) is 0 Å². The molecule has 2 aromatic heterocycles. The maximum absolute atomic E-state index is 12.0. The van der Waals surface area contributed by atoms with Gasteiger partial charge in [0, 0.05) is 6.20 Å². The highest BCUT2D eigenvalue weighted by Crippen LogP contribution is 2.19. The second kappa shape index (κ2) is 7.21. The molecule has 0 atom stereocenters. The summed E-state index contributed by atoms with van der Waals surface area (Å²) in [6.45, 7) is 0.0500. The summed E-state index contributed by atoms with van der Waals surface area (Å²) >= 11 is 0. The van der Waals surface area contributed by atoms with Crippen molar-refractivity contribution in [2.45, 2.75) is 6.61 Å². The normalized spacial score (nSPS) is 10.2. The standard InChI is InChI=1S/C16H13N5O4/c22-15(23)12-9-18-21(13-7-4-8-17-20-13)14(12)19-16(24)25-10-11-5-2-1-3-6-11/h1-9H,10H2,(H,19,24)(H,22,23). The number of nitrogens with one attached hydrogen (secondary N) is 1. The molecule has 0 fully saturated rings. The number of ether oxygens (including phenoxy) is 1. The lowest BCUT2D eigenvalue weighted by molar-refractivity contribution is 0.0698. The molecule has 0 spiro atoms. The summed E-state index contributed by atoms with van der Waals surface area (Å²) in [4.78, 5) is 23.4. The molecule has 25 heavy (non-hydrogen) atoms. The van der Waals surface area contributed by atoms with Gasteiger partial charge in [0.25, 0.3) is 0 Å². The van der Waals surface area contributed by atoms with E-state index in [9.17, 15) is 14.7 Å². The van der Waals surface area contributed by atoms with Crippen molar-refractivity contribution < 1.29 is 19.4 Å². The largest absolute Gasteiger partial charge is 0.477 e. The SMILES string of the molecule is O=C(Nc1c(C(=O)O)cnn1-c1cccnn1)OCc1ccccc1. The highest BCUT2D eigenvalue weighted by atomic mass is 16.5. The first kappa shape index (κ1) is 16.1. The number of hydrogen-bond acceptors (Lipinski definition) is 6. The van der Waals surface area contributed by atoms with Crippen molar-refractivity contribution in [1.29, 1.82) is 0 Å². The third-order valence-electron chi connectivity index (χ3n) is 3.21. The number of carboxylic acids is 1. The number of carbonyl (C=O) groups is 2. The van der Waals surface area contributed by atoms with E-state index < -0.39 is 12.1 Å². The van der Waals surface area contributed by atoms with Gasteiger partial charge >= 0.3 is 12.1 Å². The number of anilines is 1. The maximum atomic E-state index is 12.0. The van der Waals surface area contributed by atoms with Crippen LogP contribution in [-0.2, 0) is 11.3 Å². The highest BCUT2D eigenvalue weighted by molar-refractivity contribution is 5.97. The minimum Gasteiger partial charge on any atom is -0.477 e. The monoisotopic (exact) mass is 339 g/mol. The highest BCUT2D eigenvalue weighted by Gasteiger charge is 2.21. The van der Waals surface area contributed by atoms with Crippen LogP contribution in [0.5, 0.6) is 0 Å². The second-order valence-corrected chi connectivity index (χ2v) is 4.89. The van der Waals surface area contributed by atoms with Gasteiger partial charge in [-0.15, -0.1) is 5.10 Å². The number of amides is 1. The summed E-state index contributed by atoms with van der Waals surface area (Å²) in [5, 5.41) is 23.2. The van der Waals surface area contributed by atoms with Crippen LogP contribution in [0.15, 0.2) is 54.9 Å². The summed E-state index contributed by atoms with van der Waals surface area (Å²) in [6.07, 6.45) is 1.77. The molecule has 2 N–H and O–H groups in total. The van der Waals surface area contributed by atoms with E-state index in [2.05, 4.69) is 20.6 Å². The average Bonchev–Trinajstić information content (AvgIpc) is 3.05. The Kier molecular flexibility index (Phi) is 4.65. The number of carboxylic acid groups (broad SMARTS) is 1. The Balaban J connectivity index is 1.79. The van der Waals surface area contributed by atoms with Crippen molar-refractivity contribution in [2.24, 2.45) is 0 Å². The Morgan fingerprint density at radius 2 is 1.96 bits per heavy atom. The zero-order valence-electron chi connectivity index (χ0n) is 12.9. The maximum Gasteiger partial charge on any atom is 0.413 e. The van der Waals surface area contributed by atoms with Gasteiger partial charge in [-0.3, -0.25) is 5.32 Å². The molecule has 0 radical (unpaired) electrons. The van der Waals surface area contributed by atoms with Crippen LogP contribution in [0.3, 0.4) is 0 Å². The topological polar surface area (TPSA) is 119 Å². The minimum atomic E-state index is -1.24. The Morgan fingerprint density at radius 3 is 2.64 bits per heavy atom. The molecular weight excluding hydrogens is 326 g/mol. The van der Waals surface area contributed by atoms with Crippen LogP contribution in [-0.4, -0.2) is 37.1 Å². The van der Waals surface area contributed by atoms with Crippen molar-refractivity contribution in [3.05, 3.63) is 66.0 Å². The van der Waals surface area contributed by atoms with Crippen LogP contribution < -0.4 is 5.32 Å². The molecule has 0 saturated carbocycles. The van der Waals surface area contributed by atoms with Crippen LogP contribution in [0, 0.1) is 0 Å². The lowest BCUT2D eigenvalue weighted by Crippen LogP contribution is -2.18. The van der Waals surface area contributed by atoms with Gasteiger partial charge in [-0.05, 0) is 17.7 Å². The lowest BCUT2D eigenvalue weighted by Gasteiger charge is -2.09. The number of benzene rings is 1. The van der Waals surface area contributed by atoms with E-state index >= 15 is 0 Å². The fraction of sp³-hybridized carbons (Fsp3) is 0.0625. The summed E-state index contributed by atoms with van der Waals surface area (Å²) < 4.78 is 6.27. The van der Waals surface area contributed by atoms with E-state index in [1.807, 2.05) is 18.2 Å². The van der Waals surface area contributed by atoms with Crippen LogP contribution in [0.4, 0.5) is 10.6 Å². The molecule has 9 nitrogen and oxygen atoms in total. The average molecular weight is 339 g/mol. The first-order valence-corrected chi connectivity index (χ1v) is 7.22. The molecule has 0 unspecified atom stereocenters. The summed E-state index contributed by atoms with van der Waals surface area (Å²) in [7, 11) is 0. The molecule has 0 saturated heterocycles.